The minimum Gasteiger partial charge on any atom is -0.497 e. The maximum Gasteiger partial charge on any atom is 0.276 e. The number of nitriles is 1. The SMILES string of the molecule is COc1ccc2c(c1)CCC/C2=C(/C#N)C(=O)NN. The second kappa shape index (κ2) is 5.55. The number of aryl methyl sites for hydroxylation is 1. The lowest BCUT2D eigenvalue weighted by atomic mass is 9.84. The molecule has 19 heavy (non-hydrogen) atoms. The summed E-state index contributed by atoms with van der Waals surface area (Å²) in [6, 6.07) is 7.62. The first-order chi connectivity index (χ1) is 9.21. The van der Waals surface area contributed by atoms with Crippen LogP contribution in [0.4, 0.5) is 0 Å². The third-order valence-electron chi connectivity index (χ3n) is 3.28. The van der Waals surface area contributed by atoms with Gasteiger partial charge in [-0.15, -0.1) is 0 Å². The number of carbonyl (C=O) groups excluding carboxylic acids is 1. The summed E-state index contributed by atoms with van der Waals surface area (Å²) in [6.07, 6.45) is 2.52. The van der Waals surface area contributed by atoms with E-state index in [9.17, 15) is 4.79 Å². The Labute approximate surface area is 111 Å². The number of benzene rings is 1. The molecule has 5 nitrogen and oxygen atoms in total. The summed E-state index contributed by atoms with van der Waals surface area (Å²) in [6.45, 7) is 0. The van der Waals surface area contributed by atoms with Crippen molar-refractivity contribution in [2.24, 2.45) is 5.84 Å². The molecule has 1 aromatic carbocycles. The van der Waals surface area contributed by atoms with Gasteiger partial charge in [0.05, 0.1) is 7.11 Å². The lowest BCUT2D eigenvalue weighted by Crippen LogP contribution is -2.31. The number of nitrogens with zero attached hydrogens (tertiary/aromatic N) is 1. The highest BCUT2D eigenvalue weighted by Gasteiger charge is 2.21. The van der Waals surface area contributed by atoms with Gasteiger partial charge < -0.3 is 4.74 Å². The fraction of sp³-hybridized carbons (Fsp3) is 0.286. The van der Waals surface area contributed by atoms with E-state index in [2.05, 4.69) is 0 Å². The van der Waals surface area contributed by atoms with Crippen LogP contribution >= 0.6 is 0 Å². The van der Waals surface area contributed by atoms with Gasteiger partial charge in [-0.2, -0.15) is 5.26 Å². The van der Waals surface area contributed by atoms with E-state index >= 15 is 0 Å². The molecule has 2 rings (SSSR count). The number of nitrogens with one attached hydrogen (secondary N) is 1. The first-order valence-corrected chi connectivity index (χ1v) is 6.02. The summed E-state index contributed by atoms with van der Waals surface area (Å²) in [5.41, 5.74) is 4.91. The first kappa shape index (κ1) is 13.1. The van der Waals surface area contributed by atoms with Crippen molar-refractivity contribution >= 4 is 11.5 Å². The van der Waals surface area contributed by atoms with Gasteiger partial charge in [0.2, 0.25) is 0 Å². The molecule has 0 aromatic heterocycles. The summed E-state index contributed by atoms with van der Waals surface area (Å²) in [4.78, 5) is 11.6. The Morgan fingerprint density at radius 1 is 1.47 bits per heavy atom. The second-order valence-electron chi connectivity index (χ2n) is 4.32. The third-order valence-corrected chi connectivity index (χ3v) is 3.28. The molecule has 1 aromatic rings. The summed E-state index contributed by atoms with van der Waals surface area (Å²) in [7, 11) is 1.61. The number of methoxy groups -OCH3 is 1. The molecule has 1 aliphatic carbocycles. The fourth-order valence-corrected chi connectivity index (χ4v) is 2.38. The molecule has 0 bridgehead atoms. The largest absolute Gasteiger partial charge is 0.497 e. The number of ether oxygens (including phenoxy) is 1. The van der Waals surface area contributed by atoms with Crippen LogP contribution in [0.1, 0.15) is 24.0 Å². The lowest BCUT2D eigenvalue weighted by molar-refractivity contribution is -0.117. The van der Waals surface area contributed by atoms with Crippen molar-refractivity contribution in [1.29, 1.82) is 5.26 Å². The zero-order valence-corrected chi connectivity index (χ0v) is 10.7. The second-order valence-corrected chi connectivity index (χ2v) is 4.32. The number of carbonyl (C=O) groups is 1. The van der Waals surface area contributed by atoms with Crippen molar-refractivity contribution < 1.29 is 9.53 Å². The number of fused-ring (bicyclic) bond motifs is 1. The van der Waals surface area contributed by atoms with Crippen LogP contribution < -0.4 is 16.0 Å². The minimum atomic E-state index is -0.541. The predicted molar refractivity (Wildman–Crippen MR) is 70.8 cm³/mol. The molecule has 1 amide bonds. The summed E-state index contributed by atoms with van der Waals surface area (Å²) >= 11 is 0. The van der Waals surface area contributed by atoms with Gasteiger partial charge in [-0.05, 0) is 48.1 Å². The van der Waals surface area contributed by atoms with E-state index in [4.69, 9.17) is 15.8 Å². The van der Waals surface area contributed by atoms with E-state index < -0.39 is 5.91 Å². The Morgan fingerprint density at radius 3 is 2.89 bits per heavy atom. The normalized spacial score (nSPS) is 16.1. The fourth-order valence-electron chi connectivity index (χ4n) is 2.38. The van der Waals surface area contributed by atoms with Gasteiger partial charge in [0.25, 0.3) is 5.91 Å². The van der Waals surface area contributed by atoms with Gasteiger partial charge in [-0.3, -0.25) is 10.2 Å². The van der Waals surface area contributed by atoms with Gasteiger partial charge in [-0.25, -0.2) is 5.84 Å². The zero-order chi connectivity index (χ0) is 13.8. The van der Waals surface area contributed by atoms with Gasteiger partial charge in [0, 0.05) is 0 Å². The Morgan fingerprint density at radius 2 is 2.26 bits per heavy atom. The van der Waals surface area contributed by atoms with Crippen molar-refractivity contribution in [1.82, 2.24) is 5.43 Å². The van der Waals surface area contributed by atoms with Crippen LogP contribution in [0.25, 0.3) is 5.57 Å². The Kier molecular flexibility index (Phi) is 3.83. The number of amides is 1. The van der Waals surface area contributed by atoms with Crippen molar-refractivity contribution in [3.63, 3.8) is 0 Å². The quantitative estimate of drug-likeness (QED) is 0.275. The van der Waals surface area contributed by atoms with Crippen molar-refractivity contribution in [2.45, 2.75) is 19.3 Å². The smallest absolute Gasteiger partial charge is 0.276 e. The van der Waals surface area contributed by atoms with E-state index in [1.807, 2.05) is 29.7 Å². The van der Waals surface area contributed by atoms with E-state index in [-0.39, 0.29) is 5.57 Å². The maximum atomic E-state index is 11.6. The van der Waals surface area contributed by atoms with Crippen LogP contribution in [0.2, 0.25) is 0 Å². The highest BCUT2D eigenvalue weighted by molar-refractivity contribution is 6.05. The summed E-state index contributed by atoms with van der Waals surface area (Å²) in [5.74, 6) is 5.35. The molecule has 0 saturated carbocycles. The van der Waals surface area contributed by atoms with Gasteiger partial charge in [-0.1, -0.05) is 6.07 Å². The van der Waals surface area contributed by atoms with E-state index in [1.165, 1.54) is 0 Å². The third kappa shape index (κ3) is 2.44. The number of hydrogen-bond acceptors (Lipinski definition) is 4. The van der Waals surface area contributed by atoms with E-state index in [0.29, 0.717) is 6.42 Å². The molecule has 0 aliphatic heterocycles. The van der Waals surface area contributed by atoms with Crippen molar-refractivity contribution in [3.05, 3.63) is 34.9 Å². The maximum absolute atomic E-state index is 11.6. The summed E-state index contributed by atoms with van der Waals surface area (Å²) in [5, 5.41) is 9.16. The Hall–Kier alpha value is -2.32. The molecule has 0 spiro atoms. The first-order valence-electron chi connectivity index (χ1n) is 6.02. The Bertz CT molecular complexity index is 585. The average molecular weight is 257 g/mol. The zero-order valence-electron chi connectivity index (χ0n) is 10.7. The highest BCUT2D eigenvalue weighted by atomic mass is 16.5. The number of hydrogen-bond donors (Lipinski definition) is 2. The standard InChI is InChI=1S/C14H15N3O2/c1-19-10-5-6-11-9(7-10)3-2-4-12(11)13(8-15)14(18)17-16/h5-7H,2-4,16H2,1H3,(H,17,18)/b13-12+. The number of rotatable bonds is 2. The molecule has 5 heteroatoms. The molecule has 0 unspecified atom stereocenters. The minimum absolute atomic E-state index is 0.0913. The average Bonchev–Trinajstić information content (AvgIpc) is 2.47. The molecular formula is C14H15N3O2. The van der Waals surface area contributed by atoms with Crippen LogP contribution in [0.3, 0.4) is 0 Å². The molecule has 3 N–H and O–H groups in total. The van der Waals surface area contributed by atoms with Crippen molar-refractivity contribution in [3.8, 4) is 11.8 Å². The topological polar surface area (TPSA) is 88.1 Å². The number of allylic oxidation sites excluding steroid dienone is 1. The monoisotopic (exact) mass is 257 g/mol. The number of hydrazine groups is 1. The molecule has 1 aliphatic rings. The van der Waals surface area contributed by atoms with Gasteiger partial charge >= 0.3 is 0 Å². The highest BCUT2D eigenvalue weighted by Crippen LogP contribution is 2.34. The van der Waals surface area contributed by atoms with E-state index in [0.717, 1.165) is 35.3 Å². The molecule has 0 atom stereocenters. The molecule has 0 radical (unpaired) electrons. The van der Waals surface area contributed by atoms with E-state index in [1.54, 1.807) is 7.11 Å². The lowest BCUT2D eigenvalue weighted by Gasteiger charge is -2.20. The van der Waals surface area contributed by atoms with Gasteiger partial charge in [0.1, 0.15) is 17.4 Å². The van der Waals surface area contributed by atoms with Crippen LogP contribution in [0.5, 0.6) is 5.75 Å². The van der Waals surface area contributed by atoms with Crippen LogP contribution in [0.15, 0.2) is 23.8 Å². The molecule has 0 fully saturated rings. The predicted octanol–water partition coefficient (Wildman–Crippen LogP) is 1.30. The molecule has 98 valence electrons. The molecule has 0 saturated heterocycles. The van der Waals surface area contributed by atoms with Crippen molar-refractivity contribution in [2.75, 3.05) is 7.11 Å². The summed E-state index contributed by atoms with van der Waals surface area (Å²) < 4.78 is 5.19. The molecular weight excluding hydrogens is 242 g/mol. The van der Waals surface area contributed by atoms with Crippen LogP contribution in [-0.2, 0) is 11.2 Å². The molecule has 0 heterocycles. The van der Waals surface area contributed by atoms with Crippen LogP contribution in [0, 0.1) is 11.3 Å². The van der Waals surface area contributed by atoms with Crippen LogP contribution in [-0.4, -0.2) is 13.0 Å². The Balaban J connectivity index is 2.56. The number of nitrogens with two attached hydrogens (primary N) is 1. The van der Waals surface area contributed by atoms with Gasteiger partial charge in [0.15, 0.2) is 0 Å².